The second kappa shape index (κ2) is 27.4. The Morgan fingerprint density at radius 3 is 1.04 bits per heavy atom. The molecule has 24 rings (SSSR count). The summed E-state index contributed by atoms with van der Waals surface area (Å²) < 4.78 is 10.5. The zero-order chi connectivity index (χ0) is 77.0. The minimum absolute atomic E-state index is 0.602. The van der Waals surface area contributed by atoms with E-state index in [0.29, 0.717) is 34.9 Å². The van der Waals surface area contributed by atoms with E-state index in [1.54, 1.807) is 0 Å². The van der Waals surface area contributed by atoms with Crippen molar-refractivity contribution in [1.29, 1.82) is 0 Å². The third-order valence-electron chi connectivity index (χ3n) is 22.6. The summed E-state index contributed by atoms with van der Waals surface area (Å²) in [4.78, 5) is 49.9. The van der Waals surface area contributed by atoms with Gasteiger partial charge in [0.2, 0.25) is 0 Å². The number of aromatic nitrogens is 12. The predicted molar refractivity (Wildman–Crippen MR) is 474 cm³/mol. The van der Waals surface area contributed by atoms with Gasteiger partial charge in [-0.05, 0) is 175 Å². The Morgan fingerprint density at radius 1 is 0.197 bits per heavy atom. The summed E-state index contributed by atoms with van der Waals surface area (Å²) in [5.41, 5.74) is 21.7. The smallest absolute Gasteiger partial charge is 0.164 e. The van der Waals surface area contributed by atoms with Crippen LogP contribution in [0, 0.1) is 0 Å². The summed E-state index contributed by atoms with van der Waals surface area (Å²) in [6.07, 6.45) is 7.88. The van der Waals surface area contributed by atoms with Gasteiger partial charge in [-0.1, -0.05) is 243 Å². The van der Waals surface area contributed by atoms with Crippen molar-refractivity contribution in [2.75, 3.05) is 0 Å². The first-order chi connectivity index (χ1) is 57.9. The molecule has 0 amide bonds. The zero-order valence-corrected chi connectivity index (χ0v) is 62.6. The Labute approximate surface area is 668 Å². The summed E-state index contributed by atoms with van der Waals surface area (Å²) in [7, 11) is 0. The van der Waals surface area contributed by atoms with Crippen LogP contribution in [0.15, 0.2) is 381 Å². The molecule has 13 heteroatoms. The number of nitrogens with zero attached hydrogens (tertiary/aromatic N) is 12. The van der Waals surface area contributed by atoms with Crippen LogP contribution in [0.2, 0.25) is 0 Å². The standard InChI is InChI=1S/C53H32N6.C51H30N6O/c1-3-11-37-29-41(21-17-33(37)9-1)52-56-51(57-53(58-52)42-22-18-34-10-2-4-12-38(34)30-42)36-19-15-35(16-20-36)39-23-26-44-46(31-39)45-32-40(47-13-5-7-27-54-47)24-25-43(45)49-50(44)59-28-8-6-14-48(59)55-49;1-2-10-32(11-3-1)49-54-50(56-51(55-49)36-22-25-45-42(30-36)37-12-4-5-14-44(37)58-45)33-18-16-31(17-19-33)34-20-24-39-41(28-34)40-29-35(43-13-6-8-26-52-43)21-23-38(40)47-48(39)57-27-9-7-15-46(57)53-47/h1-32H;1-30H. The zero-order valence-electron chi connectivity index (χ0n) is 62.6. The quantitative estimate of drug-likeness (QED) is 0.120. The molecule has 0 aliphatic rings. The van der Waals surface area contributed by atoms with E-state index in [2.05, 4.69) is 286 Å². The summed E-state index contributed by atoms with van der Waals surface area (Å²) in [6, 6.07) is 122. The van der Waals surface area contributed by atoms with Gasteiger partial charge in [0.25, 0.3) is 0 Å². The lowest BCUT2D eigenvalue weighted by Gasteiger charge is -2.12. The SMILES string of the molecule is c1ccc(-c2ccc3c(c2)c2cc(-c4ccc(-c5nc(-c6ccc7ccccc7c6)nc(-c6ccc7ccccc7c6)n5)cc4)ccc2c2c3nc3ccccn32)nc1.c1ccc(-c2nc(-c3ccc(-c4ccc5c(c4)c4cc(-c6ccccn6)ccc4c4nc6ccccn6c54)cc3)nc(-c3ccc4oc5ccccc5c4c3)n2)cc1. The Balaban J connectivity index is 0.000000138. The number of furan rings is 1. The monoisotopic (exact) mass is 1490 g/mol. The molecule has 0 saturated heterocycles. The molecule has 24 aromatic rings. The highest BCUT2D eigenvalue weighted by atomic mass is 16.3. The van der Waals surface area contributed by atoms with Crippen molar-refractivity contribution in [2.24, 2.45) is 0 Å². The van der Waals surface area contributed by atoms with Gasteiger partial charge in [-0.3, -0.25) is 18.8 Å². The van der Waals surface area contributed by atoms with E-state index >= 15 is 0 Å². The first kappa shape index (κ1) is 66.6. The molecule has 544 valence electrons. The van der Waals surface area contributed by atoms with Crippen molar-refractivity contribution in [3.05, 3.63) is 377 Å². The van der Waals surface area contributed by atoms with Gasteiger partial charge < -0.3 is 4.42 Å². The molecule has 13 nitrogen and oxygen atoms in total. The average Bonchev–Trinajstić information content (AvgIpc) is 1.63. The minimum Gasteiger partial charge on any atom is -0.456 e. The van der Waals surface area contributed by atoms with Crippen LogP contribution in [0.5, 0.6) is 0 Å². The van der Waals surface area contributed by atoms with E-state index in [-0.39, 0.29) is 0 Å². The van der Waals surface area contributed by atoms with Crippen LogP contribution in [0.25, 0.3) is 233 Å². The van der Waals surface area contributed by atoms with Crippen LogP contribution in [0.1, 0.15) is 0 Å². The fraction of sp³-hybridized carbons (Fsp3) is 0. The lowest BCUT2D eigenvalue weighted by molar-refractivity contribution is 0.669. The number of imidazole rings is 2. The van der Waals surface area contributed by atoms with Crippen LogP contribution in [-0.2, 0) is 0 Å². The molecular formula is C104H62N12O. The van der Waals surface area contributed by atoms with Crippen molar-refractivity contribution >= 4 is 120 Å². The molecule has 15 aromatic carbocycles. The van der Waals surface area contributed by atoms with Crippen molar-refractivity contribution in [1.82, 2.24) is 58.6 Å². The maximum Gasteiger partial charge on any atom is 0.164 e. The summed E-state index contributed by atoms with van der Waals surface area (Å²) in [5.74, 6) is 3.72. The first-order valence-corrected chi connectivity index (χ1v) is 39.0. The van der Waals surface area contributed by atoms with Gasteiger partial charge in [0.15, 0.2) is 34.9 Å². The number of pyridine rings is 4. The summed E-state index contributed by atoms with van der Waals surface area (Å²) in [6.45, 7) is 0. The van der Waals surface area contributed by atoms with Crippen molar-refractivity contribution in [3.8, 4) is 113 Å². The fourth-order valence-corrected chi connectivity index (χ4v) is 16.8. The molecular weight excluding hydrogens is 1430 g/mol. The first-order valence-electron chi connectivity index (χ1n) is 39.0. The molecule has 0 spiro atoms. The largest absolute Gasteiger partial charge is 0.456 e. The topological polar surface area (TPSA) is 151 Å². The van der Waals surface area contributed by atoms with Gasteiger partial charge in [0.1, 0.15) is 22.5 Å². The Morgan fingerprint density at radius 2 is 0.547 bits per heavy atom. The Hall–Kier alpha value is -16.1. The van der Waals surface area contributed by atoms with Gasteiger partial charge in [-0.25, -0.2) is 39.9 Å². The van der Waals surface area contributed by atoms with E-state index in [1.165, 1.54) is 10.8 Å². The highest BCUT2D eigenvalue weighted by Gasteiger charge is 2.22. The van der Waals surface area contributed by atoms with E-state index in [1.807, 2.05) is 109 Å². The van der Waals surface area contributed by atoms with Gasteiger partial charge in [-0.15, -0.1) is 0 Å². The fourth-order valence-electron chi connectivity index (χ4n) is 16.8. The number of rotatable bonds is 10. The molecule has 0 atom stereocenters. The summed E-state index contributed by atoms with van der Waals surface area (Å²) >= 11 is 0. The molecule has 117 heavy (non-hydrogen) atoms. The second-order valence-corrected chi connectivity index (χ2v) is 29.5. The molecule has 0 unspecified atom stereocenters. The van der Waals surface area contributed by atoms with Crippen LogP contribution in [0.4, 0.5) is 0 Å². The third-order valence-corrected chi connectivity index (χ3v) is 22.6. The number of benzene rings is 15. The second-order valence-electron chi connectivity index (χ2n) is 29.5. The molecule has 0 fully saturated rings. The normalized spacial score (nSPS) is 11.8. The molecule has 0 radical (unpaired) electrons. The molecule has 0 aliphatic carbocycles. The van der Waals surface area contributed by atoms with Gasteiger partial charge in [0, 0.05) is 102 Å². The van der Waals surface area contributed by atoms with Gasteiger partial charge in [-0.2, -0.15) is 0 Å². The summed E-state index contributed by atoms with van der Waals surface area (Å²) in [5, 5.41) is 15.8. The average molecular weight is 1500 g/mol. The number of fused-ring (bicyclic) bond motifs is 21. The van der Waals surface area contributed by atoms with E-state index in [9.17, 15) is 0 Å². The number of hydrogen-bond acceptors (Lipinski definition) is 11. The maximum absolute atomic E-state index is 6.12. The van der Waals surface area contributed by atoms with E-state index in [0.717, 1.165) is 187 Å². The molecule has 9 heterocycles. The molecule has 0 bridgehead atoms. The van der Waals surface area contributed by atoms with Crippen molar-refractivity contribution in [2.45, 2.75) is 0 Å². The van der Waals surface area contributed by atoms with E-state index < -0.39 is 0 Å². The maximum atomic E-state index is 6.12. The molecule has 0 saturated carbocycles. The lowest BCUT2D eigenvalue weighted by Crippen LogP contribution is -2.00. The highest BCUT2D eigenvalue weighted by molar-refractivity contribution is 6.26. The lowest BCUT2D eigenvalue weighted by atomic mass is 9.94. The molecule has 0 N–H and O–H groups in total. The number of hydrogen-bond donors (Lipinski definition) is 0. The highest BCUT2D eigenvalue weighted by Crippen LogP contribution is 2.43. The van der Waals surface area contributed by atoms with Gasteiger partial charge in [0.05, 0.1) is 33.5 Å². The Kier molecular flexibility index (Phi) is 15.6. The Bertz CT molecular complexity index is 8030. The van der Waals surface area contributed by atoms with Crippen LogP contribution >= 0.6 is 0 Å². The predicted octanol–water partition coefficient (Wildman–Crippen LogP) is 25.6. The van der Waals surface area contributed by atoms with E-state index in [4.69, 9.17) is 44.3 Å². The molecule has 9 aromatic heterocycles. The number of para-hydroxylation sites is 1. The molecule has 0 aliphatic heterocycles. The van der Waals surface area contributed by atoms with Crippen LogP contribution in [-0.4, -0.2) is 58.6 Å². The van der Waals surface area contributed by atoms with Crippen LogP contribution < -0.4 is 0 Å². The van der Waals surface area contributed by atoms with Gasteiger partial charge >= 0.3 is 0 Å². The minimum atomic E-state index is 0.602. The van der Waals surface area contributed by atoms with Crippen molar-refractivity contribution < 1.29 is 4.42 Å². The van der Waals surface area contributed by atoms with Crippen LogP contribution in [0.3, 0.4) is 0 Å². The third kappa shape index (κ3) is 11.7. The van der Waals surface area contributed by atoms with Crippen molar-refractivity contribution in [3.63, 3.8) is 0 Å².